The summed E-state index contributed by atoms with van der Waals surface area (Å²) in [5.74, 6) is -9.71. The Hall–Kier alpha value is -4.08. The van der Waals surface area contributed by atoms with Gasteiger partial charge in [0.1, 0.15) is 34.9 Å². The van der Waals surface area contributed by atoms with Crippen LogP contribution in [0.3, 0.4) is 0 Å². The molecule has 2 fully saturated rings. The first-order valence-electron chi connectivity index (χ1n) is 12.8. The molecule has 8 atom stereocenters. The molecule has 2 aromatic rings. The Morgan fingerprint density at radius 2 is 1.05 bits per heavy atom. The smallest absolute Gasteiger partial charge is 0.320 e. The van der Waals surface area contributed by atoms with Gasteiger partial charge in [0.05, 0.1) is 12.2 Å². The summed E-state index contributed by atoms with van der Waals surface area (Å²) >= 11 is 0. The van der Waals surface area contributed by atoms with E-state index in [9.17, 15) is 29.4 Å². The predicted molar refractivity (Wildman–Crippen MR) is 134 cm³/mol. The molecule has 9 heteroatoms. The fraction of sp³-hybridized carbons (Fsp3) is 0.333. The van der Waals surface area contributed by atoms with Crippen LogP contribution in [0.1, 0.15) is 11.1 Å². The molecule has 4 heterocycles. The van der Waals surface area contributed by atoms with Crippen LogP contribution in [0.4, 0.5) is 0 Å². The second kappa shape index (κ2) is 9.29. The van der Waals surface area contributed by atoms with Crippen molar-refractivity contribution in [3.63, 3.8) is 0 Å². The normalized spacial score (nSPS) is 35.3. The Balaban J connectivity index is 1.22. The summed E-state index contributed by atoms with van der Waals surface area (Å²) in [6, 6.07) is 18.3. The fourth-order valence-corrected chi connectivity index (χ4v) is 6.66. The van der Waals surface area contributed by atoms with E-state index in [2.05, 4.69) is 0 Å². The van der Waals surface area contributed by atoms with Gasteiger partial charge < -0.3 is 24.4 Å². The maximum absolute atomic E-state index is 13.3. The van der Waals surface area contributed by atoms with Gasteiger partial charge in [0.2, 0.25) is 0 Å². The van der Waals surface area contributed by atoms with Crippen LogP contribution in [-0.2, 0) is 46.2 Å². The number of hydrogen-bond acceptors (Lipinski definition) is 7. The van der Waals surface area contributed by atoms with Crippen molar-refractivity contribution in [2.45, 2.75) is 36.3 Å². The second-order valence-electron chi connectivity index (χ2n) is 10.5. The van der Waals surface area contributed by atoms with Gasteiger partial charge in [-0.3, -0.25) is 19.2 Å². The molecule has 0 radical (unpaired) electrons. The van der Waals surface area contributed by atoms with Crippen molar-refractivity contribution in [1.29, 1.82) is 0 Å². The third kappa shape index (κ3) is 4.09. The van der Waals surface area contributed by atoms with Crippen molar-refractivity contribution in [2.24, 2.45) is 23.7 Å². The van der Waals surface area contributed by atoms with E-state index in [4.69, 9.17) is 14.2 Å². The van der Waals surface area contributed by atoms with Crippen LogP contribution in [0.2, 0.25) is 0 Å². The summed E-state index contributed by atoms with van der Waals surface area (Å²) in [5.41, 5.74) is -0.880. The van der Waals surface area contributed by atoms with Gasteiger partial charge in [-0.1, -0.05) is 85.0 Å². The van der Waals surface area contributed by atoms with Crippen molar-refractivity contribution in [1.82, 2.24) is 0 Å². The molecule has 39 heavy (non-hydrogen) atoms. The lowest BCUT2D eigenvalue weighted by molar-refractivity contribution is -0.172. The largest absolute Gasteiger partial charge is 0.481 e. The van der Waals surface area contributed by atoms with Gasteiger partial charge in [-0.15, -0.1) is 0 Å². The monoisotopic (exact) mass is 530 g/mol. The number of carbonyl (C=O) groups excluding carboxylic acids is 2. The van der Waals surface area contributed by atoms with E-state index in [-0.39, 0.29) is 12.8 Å². The molecule has 0 saturated carbocycles. The van der Waals surface area contributed by atoms with Crippen LogP contribution in [0.15, 0.2) is 85.0 Å². The number of carbonyl (C=O) groups is 4. The number of hydrogen-bond donors (Lipinski definition) is 2. The summed E-state index contributed by atoms with van der Waals surface area (Å²) in [7, 11) is 0. The Morgan fingerprint density at radius 1 is 0.667 bits per heavy atom. The summed E-state index contributed by atoms with van der Waals surface area (Å²) in [4.78, 5) is 51.5. The maximum atomic E-state index is 13.3. The number of ether oxygens (including phenoxy) is 3. The first-order chi connectivity index (χ1) is 18.7. The molecule has 8 unspecified atom stereocenters. The molecule has 200 valence electrons. The van der Waals surface area contributed by atoms with Crippen molar-refractivity contribution in [3.8, 4) is 0 Å². The minimum Gasteiger partial charge on any atom is -0.481 e. The Bertz CT molecular complexity index is 1280. The quantitative estimate of drug-likeness (QED) is 0.300. The molecule has 4 bridgehead atoms. The molecule has 9 nitrogen and oxygen atoms in total. The van der Waals surface area contributed by atoms with Crippen LogP contribution < -0.4 is 0 Å². The molecule has 4 aliphatic rings. The van der Waals surface area contributed by atoms with E-state index in [0.717, 1.165) is 11.1 Å². The fourth-order valence-electron chi connectivity index (χ4n) is 6.66. The van der Waals surface area contributed by atoms with Crippen molar-refractivity contribution < 1.29 is 43.6 Å². The molecule has 2 aromatic carbocycles. The number of carboxylic acids is 2. The molecule has 0 spiro atoms. The van der Waals surface area contributed by atoms with Gasteiger partial charge >= 0.3 is 23.9 Å². The number of rotatable bonds is 8. The number of benzene rings is 2. The third-order valence-corrected chi connectivity index (χ3v) is 8.25. The summed E-state index contributed by atoms with van der Waals surface area (Å²) in [6.07, 6.45) is 5.25. The average molecular weight is 531 g/mol. The van der Waals surface area contributed by atoms with Crippen LogP contribution in [0, 0.1) is 23.7 Å². The first kappa shape index (κ1) is 25.2. The van der Waals surface area contributed by atoms with Crippen LogP contribution in [0.5, 0.6) is 0 Å². The lowest BCUT2D eigenvalue weighted by atomic mass is 9.72. The summed E-state index contributed by atoms with van der Waals surface area (Å²) < 4.78 is 17.3. The predicted octanol–water partition coefficient (Wildman–Crippen LogP) is 2.59. The Kier molecular flexibility index (Phi) is 6.00. The zero-order chi connectivity index (χ0) is 27.4. The lowest BCUT2D eigenvalue weighted by Crippen LogP contribution is -2.47. The van der Waals surface area contributed by atoms with Crippen molar-refractivity contribution >= 4 is 23.9 Å². The van der Waals surface area contributed by atoms with Crippen molar-refractivity contribution in [2.75, 3.05) is 0 Å². The molecule has 2 N–H and O–H groups in total. The number of fused-ring (bicyclic) bond motifs is 4. The van der Waals surface area contributed by atoms with Gasteiger partial charge in [0.15, 0.2) is 0 Å². The van der Waals surface area contributed by atoms with E-state index < -0.39 is 71.0 Å². The number of carboxylic acid groups (broad SMARTS) is 2. The number of aliphatic carboxylic acids is 2. The molecular weight excluding hydrogens is 504 g/mol. The van der Waals surface area contributed by atoms with Gasteiger partial charge in [-0.25, -0.2) is 0 Å². The average Bonchev–Trinajstić information content (AvgIpc) is 3.66. The van der Waals surface area contributed by atoms with Crippen LogP contribution in [-0.4, -0.2) is 57.5 Å². The van der Waals surface area contributed by atoms with E-state index in [0.29, 0.717) is 0 Å². The second-order valence-corrected chi connectivity index (χ2v) is 10.5. The molecule has 0 amide bonds. The van der Waals surface area contributed by atoms with E-state index in [1.54, 1.807) is 24.3 Å². The van der Waals surface area contributed by atoms with E-state index in [1.165, 1.54) is 0 Å². The van der Waals surface area contributed by atoms with Gasteiger partial charge in [-0.2, -0.15) is 0 Å². The molecule has 6 rings (SSSR count). The first-order valence-corrected chi connectivity index (χ1v) is 12.8. The maximum Gasteiger partial charge on any atom is 0.320 e. The number of esters is 2. The molecule has 2 saturated heterocycles. The molecular formula is C30H26O9. The summed E-state index contributed by atoms with van der Waals surface area (Å²) in [5, 5.41) is 20.2. The van der Waals surface area contributed by atoms with Gasteiger partial charge in [-0.05, 0) is 11.1 Å². The Labute approximate surface area is 223 Å². The standard InChI is InChI=1S/C30H26O9/c31-25(32)23-21(19-11-13-29(23,38-19)15-17-7-3-1-4-8-17)27(35)37-28(36)22-20-12-14-30(39-20,24(22)26(33)34)16-18-9-5-2-6-10-18/h1-14,19-24H,15-16H2,(H,31,32)(H,33,34). The van der Waals surface area contributed by atoms with Gasteiger partial charge in [0.25, 0.3) is 0 Å². The van der Waals surface area contributed by atoms with E-state index in [1.807, 2.05) is 60.7 Å². The molecule has 4 aliphatic heterocycles. The topological polar surface area (TPSA) is 136 Å². The highest BCUT2D eigenvalue weighted by Gasteiger charge is 2.65. The third-order valence-electron chi connectivity index (χ3n) is 8.25. The van der Waals surface area contributed by atoms with Crippen LogP contribution in [0.25, 0.3) is 0 Å². The highest BCUT2D eigenvalue weighted by molar-refractivity contribution is 5.94. The lowest BCUT2D eigenvalue weighted by Gasteiger charge is -2.31. The zero-order valence-electron chi connectivity index (χ0n) is 20.7. The zero-order valence-corrected chi connectivity index (χ0v) is 20.7. The highest BCUT2D eigenvalue weighted by atomic mass is 16.6. The summed E-state index contributed by atoms with van der Waals surface area (Å²) in [6.45, 7) is 0. The van der Waals surface area contributed by atoms with E-state index >= 15 is 0 Å². The molecule has 0 aromatic heterocycles. The molecule has 0 aliphatic carbocycles. The Morgan fingerprint density at radius 3 is 1.41 bits per heavy atom. The van der Waals surface area contributed by atoms with Crippen molar-refractivity contribution in [3.05, 3.63) is 96.1 Å². The van der Waals surface area contributed by atoms with Gasteiger partial charge in [0, 0.05) is 12.8 Å². The highest BCUT2D eigenvalue weighted by Crippen LogP contribution is 2.51. The van der Waals surface area contributed by atoms with Crippen LogP contribution >= 0.6 is 0 Å². The minimum atomic E-state index is -1.29. The minimum absolute atomic E-state index is 0.224. The SMILES string of the molecule is O=C(OC(=O)C1C2C=CC(Cc3ccccc3)(O2)C1C(=O)O)C1C2C=CC(Cc3ccccc3)(O2)C1C(=O)O.